The van der Waals surface area contributed by atoms with Crippen molar-refractivity contribution in [3.8, 4) is 28.1 Å². The van der Waals surface area contributed by atoms with Crippen LogP contribution in [0.4, 0.5) is 10.5 Å². The van der Waals surface area contributed by atoms with Gasteiger partial charge < -0.3 is 39.6 Å². The van der Waals surface area contributed by atoms with E-state index in [0.29, 0.717) is 32.7 Å². The number of nitrogens with zero attached hydrogens (tertiary/aromatic N) is 4. The summed E-state index contributed by atoms with van der Waals surface area (Å²) >= 11 is 0. The highest BCUT2D eigenvalue weighted by Gasteiger charge is 2.43. The number of H-pyrrole nitrogens is 1. The lowest BCUT2D eigenvalue weighted by molar-refractivity contribution is -0.138. The lowest BCUT2D eigenvalue weighted by Gasteiger charge is -2.31. The second kappa shape index (κ2) is 17.4. The lowest BCUT2D eigenvalue weighted by atomic mass is 9.90. The molecule has 4 aromatic carbocycles. The van der Waals surface area contributed by atoms with E-state index in [-0.39, 0.29) is 47.6 Å². The number of carbonyl (C=O) groups is 4. The largest absolute Gasteiger partial charge is 0.488 e. The summed E-state index contributed by atoms with van der Waals surface area (Å²) in [6.07, 6.45) is 5.87. The Bertz CT molecular complexity index is 2710. The van der Waals surface area contributed by atoms with Crippen LogP contribution in [0.25, 0.3) is 33.2 Å². The molecular weight excluding hydrogens is 823 g/mol. The second-order valence-corrected chi connectivity index (χ2v) is 18.5. The van der Waals surface area contributed by atoms with Crippen LogP contribution in [-0.2, 0) is 36.9 Å². The molecule has 1 aromatic heterocycles. The van der Waals surface area contributed by atoms with Crippen LogP contribution in [0.2, 0.25) is 0 Å². The first kappa shape index (κ1) is 42.4. The minimum absolute atomic E-state index is 0.00994. The summed E-state index contributed by atoms with van der Waals surface area (Å²) in [5.74, 6) is 1.20. The second-order valence-electron chi connectivity index (χ2n) is 18.5. The van der Waals surface area contributed by atoms with E-state index in [4.69, 9.17) is 24.2 Å². The first-order chi connectivity index (χ1) is 31.6. The maximum absolute atomic E-state index is 14.2. The minimum atomic E-state index is -0.747. The minimum Gasteiger partial charge on any atom is -0.488 e. The predicted octanol–water partition coefficient (Wildman–Crippen LogP) is 7.59. The van der Waals surface area contributed by atoms with Crippen molar-refractivity contribution >= 4 is 46.0 Å². The van der Waals surface area contributed by atoms with E-state index in [1.165, 1.54) is 7.11 Å². The van der Waals surface area contributed by atoms with E-state index in [0.717, 1.165) is 105 Å². The Balaban J connectivity index is 0.870. The number of nitrogens with one attached hydrogen (secondary N) is 3. The monoisotopic (exact) mass is 877 g/mol. The Kier molecular flexibility index (Phi) is 11.4. The number of hydrogen-bond acceptors (Lipinski definition) is 9. The molecule has 5 atom stereocenters. The van der Waals surface area contributed by atoms with Crippen molar-refractivity contribution in [3.63, 3.8) is 0 Å². The molecule has 14 heteroatoms. The van der Waals surface area contributed by atoms with Gasteiger partial charge in [0.05, 0.1) is 43.4 Å². The van der Waals surface area contributed by atoms with E-state index >= 15 is 0 Å². The average Bonchev–Trinajstić information content (AvgIpc) is 3.68. The number of aromatic amines is 1. The molecule has 1 aliphatic carbocycles. The third-order valence-corrected chi connectivity index (χ3v) is 13.8. The van der Waals surface area contributed by atoms with Gasteiger partial charge in [-0.2, -0.15) is 0 Å². The highest BCUT2D eigenvalue weighted by atomic mass is 16.5. The van der Waals surface area contributed by atoms with Gasteiger partial charge in [0, 0.05) is 49.7 Å². The van der Waals surface area contributed by atoms with E-state index in [9.17, 15) is 19.2 Å². The standard InChI is InChI=1S/C51H55N7O7/c1-28(2)45(56-51(62)64-4)49(60)58-25-29(26-63-3)19-43(58)40-22-37-36-23-44-38(21-32(36)15-17-39(37)53-40)35-16-14-33(20-34(35)27-65-44)41-24-52-47(54-41)42-11-8-18-57(42)50(61)46(30-9-6-5-7-10-30)55-48(59)31-12-13-31/h5-7,9-10,14-17,20-21,23-24,28-29,31,42-43,45-46H,8,11-13,18-19,22,25-27H2,1-4H3,(H,52,54)(H,55,59)(H,56,62)/t29-,42-,43-,45-,46+/m0/s1. The summed E-state index contributed by atoms with van der Waals surface area (Å²) in [7, 11) is 2.98. The molecule has 0 bridgehead atoms. The Hall–Kier alpha value is -6.54. The van der Waals surface area contributed by atoms with Crippen molar-refractivity contribution in [2.24, 2.45) is 22.7 Å². The van der Waals surface area contributed by atoms with Gasteiger partial charge in [0.15, 0.2) is 0 Å². The number of benzene rings is 4. The number of likely N-dealkylation sites (tertiary alicyclic amines) is 2. The van der Waals surface area contributed by atoms with Crippen molar-refractivity contribution in [2.75, 3.05) is 33.9 Å². The van der Waals surface area contributed by atoms with Crippen LogP contribution in [0.15, 0.2) is 84.0 Å². The first-order valence-electron chi connectivity index (χ1n) is 22.9. The van der Waals surface area contributed by atoms with Crippen LogP contribution in [0.3, 0.4) is 0 Å². The van der Waals surface area contributed by atoms with Crippen molar-refractivity contribution in [2.45, 2.75) is 83.1 Å². The number of hydrogen-bond donors (Lipinski definition) is 3. The summed E-state index contributed by atoms with van der Waals surface area (Å²) in [4.78, 5) is 70.7. The van der Waals surface area contributed by atoms with Crippen LogP contribution < -0.4 is 15.4 Å². The number of aliphatic imine (C=N–C) groups is 1. The van der Waals surface area contributed by atoms with Crippen molar-refractivity contribution < 1.29 is 33.4 Å². The number of amides is 4. The topological polar surface area (TPSA) is 168 Å². The molecule has 3 N–H and O–H groups in total. The van der Waals surface area contributed by atoms with Gasteiger partial charge >= 0.3 is 6.09 Å². The zero-order valence-electron chi connectivity index (χ0n) is 37.3. The summed E-state index contributed by atoms with van der Waals surface area (Å²) in [5.41, 5.74) is 8.72. The molecule has 4 aliphatic heterocycles. The van der Waals surface area contributed by atoms with E-state index in [1.54, 1.807) is 7.11 Å². The smallest absolute Gasteiger partial charge is 0.407 e. The fraction of sp³-hybridized carbons (Fsp3) is 0.412. The quantitative estimate of drug-likeness (QED) is 0.115. The van der Waals surface area contributed by atoms with Crippen LogP contribution in [0.1, 0.15) is 80.6 Å². The molecule has 1 saturated carbocycles. The fourth-order valence-electron chi connectivity index (χ4n) is 10.3. The van der Waals surface area contributed by atoms with Crippen molar-refractivity contribution in [1.82, 2.24) is 30.4 Å². The number of rotatable bonds is 12. The van der Waals surface area contributed by atoms with Crippen LogP contribution in [0, 0.1) is 17.8 Å². The summed E-state index contributed by atoms with van der Waals surface area (Å²) in [6.45, 7) is 5.86. The summed E-state index contributed by atoms with van der Waals surface area (Å²) < 4.78 is 16.9. The lowest BCUT2D eigenvalue weighted by Crippen LogP contribution is -2.53. The molecule has 3 fully saturated rings. The van der Waals surface area contributed by atoms with E-state index < -0.39 is 18.2 Å². The fourth-order valence-corrected chi connectivity index (χ4v) is 10.3. The molecule has 5 heterocycles. The molecule has 0 unspecified atom stereocenters. The predicted molar refractivity (Wildman–Crippen MR) is 245 cm³/mol. The normalized spacial score (nSPS) is 20.7. The molecule has 65 heavy (non-hydrogen) atoms. The van der Waals surface area contributed by atoms with Gasteiger partial charge in [-0.25, -0.2) is 9.78 Å². The van der Waals surface area contributed by atoms with Gasteiger partial charge in [-0.1, -0.05) is 62.4 Å². The summed E-state index contributed by atoms with van der Waals surface area (Å²) in [6, 6.07) is 22.5. The zero-order chi connectivity index (χ0) is 44.9. The number of aromatic nitrogens is 2. The third kappa shape index (κ3) is 8.13. The maximum atomic E-state index is 14.2. The molecule has 5 aliphatic rings. The summed E-state index contributed by atoms with van der Waals surface area (Å²) in [5, 5.41) is 7.97. The highest BCUT2D eigenvalue weighted by molar-refractivity contribution is 6.06. The molecule has 4 amide bonds. The number of alkyl carbamates (subject to hydrolysis) is 1. The Morgan fingerprint density at radius 2 is 1.74 bits per heavy atom. The molecule has 5 aromatic rings. The van der Waals surface area contributed by atoms with Crippen LogP contribution in [0.5, 0.6) is 5.75 Å². The first-order valence-corrected chi connectivity index (χ1v) is 22.9. The maximum Gasteiger partial charge on any atom is 0.407 e. The Morgan fingerprint density at radius 3 is 2.51 bits per heavy atom. The van der Waals surface area contributed by atoms with Gasteiger partial charge in [-0.15, -0.1) is 0 Å². The van der Waals surface area contributed by atoms with Gasteiger partial charge in [-0.05, 0) is 101 Å². The molecular formula is C51H55N7O7. The molecule has 14 nitrogen and oxygen atoms in total. The Labute approximate surface area is 378 Å². The Morgan fingerprint density at radius 1 is 0.908 bits per heavy atom. The number of ether oxygens (including phenoxy) is 3. The molecule has 10 rings (SSSR count). The number of carbonyl (C=O) groups excluding carboxylic acids is 4. The number of imidazole rings is 1. The van der Waals surface area contributed by atoms with Gasteiger partial charge in [0.25, 0.3) is 0 Å². The number of fused-ring (bicyclic) bond motifs is 6. The molecule has 0 spiro atoms. The van der Waals surface area contributed by atoms with Gasteiger partial charge in [-0.3, -0.25) is 19.4 Å². The SMILES string of the molecule is COC[C@H]1C[C@@H](C2=Nc3ccc4cc5c(cc4c3C2)OCc2cc(-c3cnc([C@@H]4CCCN4C(=O)[C@H](NC(=O)C4CC4)c4ccccc4)[nH]3)ccc2-5)N(C(=O)[C@@H](NC(=O)OC)C(C)C)C1. The van der Waals surface area contributed by atoms with Gasteiger partial charge in [0.1, 0.15) is 30.3 Å². The van der Waals surface area contributed by atoms with Crippen LogP contribution in [-0.4, -0.2) is 95.3 Å². The molecule has 0 radical (unpaired) electrons. The van der Waals surface area contributed by atoms with Crippen molar-refractivity contribution in [1.29, 1.82) is 0 Å². The van der Waals surface area contributed by atoms with E-state index in [1.807, 2.05) is 60.2 Å². The van der Waals surface area contributed by atoms with Gasteiger partial charge in [0.2, 0.25) is 17.7 Å². The third-order valence-electron chi connectivity index (χ3n) is 13.8. The van der Waals surface area contributed by atoms with Crippen molar-refractivity contribution in [3.05, 3.63) is 102 Å². The van der Waals surface area contributed by atoms with Crippen LogP contribution >= 0.6 is 0 Å². The van der Waals surface area contributed by atoms with E-state index in [2.05, 4.69) is 58.1 Å². The highest BCUT2D eigenvalue weighted by Crippen LogP contribution is 2.45. The number of methoxy groups -OCH3 is 2. The molecule has 336 valence electrons. The zero-order valence-corrected chi connectivity index (χ0v) is 37.3. The average molecular weight is 878 g/mol. The molecule has 2 saturated heterocycles.